The summed E-state index contributed by atoms with van der Waals surface area (Å²) in [7, 11) is 0. The van der Waals surface area contributed by atoms with E-state index in [0.717, 1.165) is 17.3 Å². The molecule has 3 nitrogen and oxygen atoms in total. The zero-order valence-corrected chi connectivity index (χ0v) is 15.0. The molecule has 0 unspecified atom stereocenters. The number of fused-ring (bicyclic) bond motifs is 1. The minimum absolute atomic E-state index is 0.0718. The summed E-state index contributed by atoms with van der Waals surface area (Å²) in [6.45, 7) is 9.20. The van der Waals surface area contributed by atoms with Crippen molar-refractivity contribution >= 4 is 16.8 Å². The Morgan fingerprint density at radius 1 is 1.25 bits per heavy atom. The van der Waals surface area contributed by atoms with Gasteiger partial charge in [-0.05, 0) is 43.2 Å². The fraction of sp³-hybridized carbons (Fsp3) is 0.429. The van der Waals surface area contributed by atoms with Gasteiger partial charge in [0.2, 0.25) is 5.91 Å². The number of hydrogen-bond donors (Lipinski definition) is 1. The van der Waals surface area contributed by atoms with E-state index in [0.29, 0.717) is 12.5 Å². The van der Waals surface area contributed by atoms with Gasteiger partial charge in [-0.25, -0.2) is 0 Å². The van der Waals surface area contributed by atoms with Gasteiger partial charge in [0, 0.05) is 18.1 Å². The molecule has 0 aliphatic heterocycles. The molecule has 0 saturated heterocycles. The number of aromatic nitrogens is 1. The topological polar surface area (TPSA) is 42.0 Å². The van der Waals surface area contributed by atoms with E-state index in [1.165, 1.54) is 11.1 Å². The van der Waals surface area contributed by atoms with Crippen molar-refractivity contribution in [3.8, 4) is 0 Å². The SMILES string of the molecule is CC(C)=C[C@@H]1[C@@H](C(=O)NCCc2cccc3cccnc23)C1(C)C. The monoisotopic (exact) mass is 322 g/mol. The van der Waals surface area contributed by atoms with Crippen LogP contribution in [0.1, 0.15) is 33.3 Å². The van der Waals surface area contributed by atoms with Crippen LogP contribution >= 0.6 is 0 Å². The average molecular weight is 322 g/mol. The van der Waals surface area contributed by atoms with Crippen molar-refractivity contribution in [3.05, 3.63) is 53.7 Å². The lowest BCUT2D eigenvalue weighted by atomic mass is 10.1. The molecule has 1 saturated carbocycles. The second kappa shape index (κ2) is 6.39. The summed E-state index contributed by atoms with van der Waals surface area (Å²) in [5.74, 6) is 0.635. The maximum atomic E-state index is 12.5. The number of allylic oxidation sites excluding steroid dienone is 2. The van der Waals surface area contributed by atoms with Crippen molar-refractivity contribution < 1.29 is 4.79 Å². The molecular formula is C21H26N2O. The lowest BCUT2D eigenvalue weighted by Gasteiger charge is -2.08. The van der Waals surface area contributed by atoms with Gasteiger partial charge in [0.15, 0.2) is 0 Å². The molecular weight excluding hydrogens is 296 g/mol. The Morgan fingerprint density at radius 2 is 2.00 bits per heavy atom. The molecule has 0 spiro atoms. The summed E-state index contributed by atoms with van der Waals surface area (Å²) in [5.41, 5.74) is 3.57. The zero-order chi connectivity index (χ0) is 17.3. The van der Waals surface area contributed by atoms with Crippen molar-refractivity contribution in [2.45, 2.75) is 34.1 Å². The molecule has 2 atom stereocenters. The summed E-state index contributed by atoms with van der Waals surface area (Å²) < 4.78 is 0. The van der Waals surface area contributed by atoms with Crippen LogP contribution in [-0.2, 0) is 11.2 Å². The fourth-order valence-electron chi connectivity index (χ4n) is 3.65. The second-order valence-corrected chi connectivity index (χ2v) is 7.60. The van der Waals surface area contributed by atoms with Crippen molar-refractivity contribution in [1.29, 1.82) is 0 Å². The highest BCUT2D eigenvalue weighted by Gasteiger charge is 2.60. The van der Waals surface area contributed by atoms with Crippen LogP contribution in [0.3, 0.4) is 0 Å². The minimum atomic E-state index is 0.0718. The first-order valence-corrected chi connectivity index (χ1v) is 8.66. The van der Waals surface area contributed by atoms with Crippen LogP contribution in [0, 0.1) is 17.3 Å². The molecule has 24 heavy (non-hydrogen) atoms. The largest absolute Gasteiger partial charge is 0.355 e. The zero-order valence-electron chi connectivity index (χ0n) is 15.0. The van der Waals surface area contributed by atoms with Crippen molar-refractivity contribution in [3.63, 3.8) is 0 Å². The van der Waals surface area contributed by atoms with Gasteiger partial charge in [0.1, 0.15) is 0 Å². The van der Waals surface area contributed by atoms with Gasteiger partial charge in [-0.2, -0.15) is 0 Å². The predicted molar refractivity (Wildman–Crippen MR) is 98.6 cm³/mol. The van der Waals surface area contributed by atoms with Crippen molar-refractivity contribution in [2.75, 3.05) is 6.54 Å². The number of nitrogens with zero attached hydrogens (tertiary/aromatic N) is 1. The third-order valence-corrected chi connectivity index (χ3v) is 5.12. The van der Waals surface area contributed by atoms with Gasteiger partial charge in [-0.15, -0.1) is 0 Å². The second-order valence-electron chi connectivity index (χ2n) is 7.60. The van der Waals surface area contributed by atoms with E-state index < -0.39 is 0 Å². The first-order valence-electron chi connectivity index (χ1n) is 8.66. The highest BCUT2D eigenvalue weighted by molar-refractivity contribution is 5.84. The summed E-state index contributed by atoms with van der Waals surface area (Å²) in [6, 6.07) is 10.2. The number of pyridine rings is 1. The van der Waals surface area contributed by atoms with E-state index in [1.807, 2.05) is 12.3 Å². The fourth-order valence-corrected chi connectivity index (χ4v) is 3.65. The van der Waals surface area contributed by atoms with Crippen molar-refractivity contribution in [1.82, 2.24) is 10.3 Å². The summed E-state index contributed by atoms with van der Waals surface area (Å²) in [4.78, 5) is 17.0. The lowest BCUT2D eigenvalue weighted by Crippen LogP contribution is -2.28. The van der Waals surface area contributed by atoms with Gasteiger partial charge in [-0.3, -0.25) is 9.78 Å². The number of amides is 1. The number of para-hydroxylation sites is 1. The number of nitrogens with one attached hydrogen (secondary N) is 1. The summed E-state index contributed by atoms with van der Waals surface area (Å²) >= 11 is 0. The third kappa shape index (κ3) is 3.21. The van der Waals surface area contributed by atoms with Crippen molar-refractivity contribution in [2.24, 2.45) is 17.3 Å². The van der Waals surface area contributed by atoms with E-state index in [-0.39, 0.29) is 17.2 Å². The molecule has 1 aromatic heterocycles. The smallest absolute Gasteiger partial charge is 0.224 e. The molecule has 1 fully saturated rings. The predicted octanol–water partition coefficient (Wildman–Crippen LogP) is 4.13. The highest BCUT2D eigenvalue weighted by atomic mass is 16.2. The molecule has 3 rings (SSSR count). The lowest BCUT2D eigenvalue weighted by molar-refractivity contribution is -0.123. The van der Waals surface area contributed by atoms with Gasteiger partial charge in [-0.1, -0.05) is 49.8 Å². The van der Waals surface area contributed by atoms with Gasteiger partial charge in [0.05, 0.1) is 11.4 Å². The molecule has 0 radical (unpaired) electrons. The quantitative estimate of drug-likeness (QED) is 0.841. The molecule has 2 aromatic rings. The molecule has 1 amide bonds. The molecule has 3 heteroatoms. The Kier molecular flexibility index (Phi) is 4.44. The van der Waals surface area contributed by atoms with E-state index in [1.54, 1.807) is 0 Å². The van der Waals surface area contributed by atoms with Gasteiger partial charge in [0.25, 0.3) is 0 Å². The molecule has 1 N–H and O–H groups in total. The maximum absolute atomic E-state index is 12.5. The third-order valence-electron chi connectivity index (χ3n) is 5.12. The molecule has 1 aliphatic carbocycles. The van der Waals surface area contributed by atoms with Crippen LogP contribution in [0.2, 0.25) is 0 Å². The number of carbonyl (C=O) groups is 1. The van der Waals surface area contributed by atoms with Crippen LogP contribution in [0.15, 0.2) is 48.2 Å². The van der Waals surface area contributed by atoms with Crippen LogP contribution in [-0.4, -0.2) is 17.4 Å². The maximum Gasteiger partial charge on any atom is 0.224 e. The minimum Gasteiger partial charge on any atom is -0.355 e. The van der Waals surface area contributed by atoms with Gasteiger partial charge >= 0.3 is 0 Å². The number of benzene rings is 1. The normalized spacial score (nSPS) is 21.3. The first kappa shape index (κ1) is 16.7. The highest BCUT2D eigenvalue weighted by Crippen LogP contribution is 2.59. The van der Waals surface area contributed by atoms with Crippen LogP contribution in [0.25, 0.3) is 10.9 Å². The Bertz CT molecular complexity index is 782. The van der Waals surface area contributed by atoms with Crippen LogP contribution in [0.5, 0.6) is 0 Å². The Morgan fingerprint density at radius 3 is 2.75 bits per heavy atom. The van der Waals surface area contributed by atoms with E-state index in [4.69, 9.17) is 0 Å². The molecule has 1 aliphatic rings. The van der Waals surface area contributed by atoms with E-state index >= 15 is 0 Å². The first-order chi connectivity index (χ1) is 11.4. The molecule has 1 aromatic carbocycles. The standard InChI is InChI=1S/C21H26N2O/c1-14(2)13-17-18(21(17,3)4)20(24)23-12-10-16-8-5-7-15-9-6-11-22-19(15)16/h5-9,11,13,17-18H,10,12H2,1-4H3,(H,23,24)/t17-,18+/m1/s1. The molecule has 126 valence electrons. The Labute approximate surface area is 144 Å². The van der Waals surface area contributed by atoms with E-state index in [2.05, 4.69) is 68.3 Å². The average Bonchev–Trinajstić information content (AvgIpc) is 3.07. The Balaban J connectivity index is 1.61. The number of hydrogen-bond acceptors (Lipinski definition) is 2. The van der Waals surface area contributed by atoms with Crippen LogP contribution < -0.4 is 5.32 Å². The number of rotatable bonds is 5. The molecule has 0 bridgehead atoms. The number of carbonyl (C=O) groups excluding carboxylic acids is 1. The Hall–Kier alpha value is -2.16. The molecule has 1 heterocycles. The van der Waals surface area contributed by atoms with E-state index in [9.17, 15) is 4.79 Å². The van der Waals surface area contributed by atoms with Gasteiger partial charge < -0.3 is 5.32 Å². The van der Waals surface area contributed by atoms with Crippen LogP contribution in [0.4, 0.5) is 0 Å². The summed E-state index contributed by atoms with van der Waals surface area (Å²) in [5, 5.41) is 4.27. The summed E-state index contributed by atoms with van der Waals surface area (Å²) in [6.07, 6.45) is 4.86.